The molecule has 2 N–H and O–H groups in total. The number of likely N-dealkylation sites (tertiary alicyclic amines) is 1. The average Bonchev–Trinajstić information content (AvgIpc) is 3.32. The summed E-state index contributed by atoms with van der Waals surface area (Å²) < 4.78 is 5.65. The van der Waals surface area contributed by atoms with Crippen LogP contribution in [0, 0.1) is 5.92 Å². The van der Waals surface area contributed by atoms with Crippen LogP contribution in [0.4, 0.5) is 0 Å². The first-order valence-electron chi connectivity index (χ1n) is 11.1. The predicted octanol–water partition coefficient (Wildman–Crippen LogP) is 3.37. The Morgan fingerprint density at radius 3 is 2.70 bits per heavy atom. The zero-order valence-electron chi connectivity index (χ0n) is 18.0. The van der Waals surface area contributed by atoms with Gasteiger partial charge in [-0.1, -0.05) is 43.3 Å². The number of aryl methyl sites for hydroxylation is 1. The number of ether oxygens (including phenoxy) is 1. The molecule has 1 aromatic rings. The Morgan fingerprint density at radius 2 is 2.03 bits per heavy atom. The fraction of sp³-hybridized carbons (Fsp3) is 0.583. The number of carboxylic acid groups (broad SMARTS) is 1. The van der Waals surface area contributed by atoms with Gasteiger partial charge in [-0.25, -0.2) is 4.79 Å². The highest BCUT2D eigenvalue weighted by atomic mass is 16.5. The molecule has 2 aliphatic rings. The number of carbonyl (C=O) groups is 2. The molecule has 1 heterocycles. The number of carbonyl (C=O) groups excluding carboxylic acids is 1. The molecule has 30 heavy (non-hydrogen) atoms. The molecule has 1 aliphatic heterocycles. The van der Waals surface area contributed by atoms with Crippen LogP contribution in [0.3, 0.4) is 0 Å². The Labute approximate surface area is 179 Å². The summed E-state index contributed by atoms with van der Waals surface area (Å²) in [4.78, 5) is 26.8. The molecule has 1 saturated carbocycles. The maximum Gasteiger partial charge on any atom is 0.326 e. The van der Waals surface area contributed by atoms with Gasteiger partial charge in [-0.2, -0.15) is 0 Å². The molecule has 0 unspecified atom stereocenters. The van der Waals surface area contributed by atoms with E-state index >= 15 is 0 Å². The van der Waals surface area contributed by atoms with Gasteiger partial charge in [0.05, 0.1) is 18.7 Å². The van der Waals surface area contributed by atoms with E-state index in [2.05, 4.69) is 24.0 Å². The molecule has 0 bridgehead atoms. The molecule has 164 valence electrons. The van der Waals surface area contributed by atoms with Crippen LogP contribution in [0.15, 0.2) is 42.7 Å². The topological polar surface area (TPSA) is 78.9 Å². The highest BCUT2D eigenvalue weighted by Gasteiger charge is 2.49. The van der Waals surface area contributed by atoms with Crippen molar-refractivity contribution in [3.63, 3.8) is 0 Å². The lowest BCUT2D eigenvalue weighted by atomic mass is 10.0. The summed E-state index contributed by atoms with van der Waals surface area (Å²) in [5.74, 6) is -0.104. The van der Waals surface area contributed by atoms with Crippen LogP contribution in [0.2, 0.25) is 0 Å². The standard InChI is InChI=1S/C24H34N2O4/c1-4-30-17(3)20(14-13-18-9-6-5-7-10-18)25-16(2)23(27)26-21-12-8-11-19(21)15-22(26)24(28)29/h5-7,9-10,16,19-22,25H,3-4,8,11-15H2,1-2H3,(H,28,29)/t16-,19-,20-,21-,22-/m0/s1. The first kappa shape index (κ1) is 22.3. The zero-order valence-corrected chi connectivity index (χ0v) is 18.0. The second kappa shape index (κ2) is 10.1. The van der Waals surface area contributed by atoms with E-state index in [0.717, 1.165) is 32.1 Å². The van der Waals surface area contributed by atoms with Gasteiger partial charge < -0.3 is 14.7 Å². The Bertz CT molecular complexity index is 751. The number of nitrogens with one attached hydrogen (secondary N) is 1. The Kier molecular flexibility index (Phi) is 7.53. The first-order valence-corrected chi connectivity index (χ1v) is 11.1. The number of aliphatic carboxylic acids is 1. The molecule has 3 rings (SSSR count). The second-order valence-corrected chi connectivity index (χ2v) is 8.46. The fourth-order valence-electron chi connectivity index (χ4n) is 5.00. The van der Waals surface area contributed by atoms with Crippen molar-refractivity contribution in [3.05, 3.63) is 48.2 Å². The van der Waals surface area contributed by atoms with Crippen LogP contribution in [0.25, 0.3) is 0 Å². The molecular formula is C24H34N2O4. The number of nitrogens with zero attached hydrogens (tertiary/aromatic N) is 1. The zero-order chi connectivity index (χ0) is 21.7. The monoisotopic (exact) mass is 414 g/mol. The van der Waals surface area contributed by atoms with E-state index in [0.29, 0.717) is 24.7 Å². The van der Waals surface area contributed by atoms with Gasteiger partial charge in [-0.15, -0.1) is 0 Å². The summed E-state index contributed by atoms with van der Waals surface area (Å²) in [5.41, 5.74) is 1.21. The molecule has 1 aliphatic carbocycles. The molecule has 0 spiro atoms. The van der Waals surface area contributed by atoms with Gasteiger partial charge >= 0.3 is 5.97 Å². The molecule has 0 radical (unpaired) electrons. The Morgan fingerprint density at radius 1 is 1.30 bits per heavy atom. The quantitative estimate of drug-likeness (QED) is 0.574. The minimum absolute atomic E-state index is 0.0562. The van der Waals surface area contributed by atoms with Gasteiger partial charge in [0, 0.05) is 6.04 Å². The largest absolute Gasteiger partial charge is 0.497 e. The molecule has 5 atom stereocenters. The molecule has 2 fully saturated rings. The van der Waals surface area contributed by atoms with Crippen molar-refractivity contribution < 1.29 is 19.4 Å². The number of benzene rings is 1. The van der Waals surface area contributed by atoms with Crippen molar-refractivity contribution in [3.8, 4) is 0 Å². The number of hydrogen-bond acceptors (Lipinski definition) is 4. The SMILES string of the molecule is C=C(OCC)[C@H](CCc1ccccc1)N[C@@H](C)C(=O)N1[C@H](C(=O)O)C[C@@H]2CCC[C@@H]21. The van der Waals surface area contributed by atoms with Crippen LogP contribution in [0.5, 0.6) is 0 Å². The smallest absolute Gasteiger partial charge is 0.326 e. The average molecular weight is 415 g/mol. The third-order valence-corrected chi connectivity index (χ3v) is 6.48. The van der Waals surface area contributed by atoms with Gasteiger partial charge in [-0.05, 0) is 57.4 Å². The van der Waals surface area contributed by atoms with E-state index in [4.69, 9.17) is 4.74 Å². The second-order valence-electron chi connectivity index (χ2n) is 8.46. The minimum Gasteiger partial charge on any atom is -0.497 e. The van der Waals surface area contributed by atoms with Crippen LogP contribution in [-0.2, 0) is 20.7 Å². The first-order chi connectivity index (χ1) is 14.4. The molecule has 1 saturated heterocycles. The summed E-state index contributed by atoms with van der Waals surface area (Å²) in [6.45, 7) is 8.31. The molecule has 0 aromatic heterocycles. The fourth-order valence-corrected chi connectivity index (χ4v) is 5.00. The Hall–Kier alpha value is -2.34. The van der Waals surface area contributed by atoms with Gasteiger partial charge in [0.1, 0.15) is 11.8 Å². The van der Waals surface area contributed by atoms with Gasteiger partial charge in [0.15, 0.2) is 0 Å². The van der Waals surface area contributed by atoms with Crippen LogP contribution < -0.4 is 5.32 Å². The highest BCUT2D eigenvalue weighted by molar-refractivity contribution is 5.88. The van der Waals surface area contributed by atoms with Gasteiger partial charge in [0.25, 0.3) is 0 Å². The molecule has 1 aromatic carbocycles. The van der Waals surface area contributed by atoms with Gasteiger partial charge in [0.2, 0.25) is 5.91 Å². The summed E-state index contributed by atoms with van der Waals surface area (Å²) in [6, 6.07) is 8.82. The third kappa shape index (κ3) is 5.04. The van der Waals surface area contributed by atoms with Crippen molar-refractivity contribution >= 4 is 11.9 Å². The predicted molar refractivity (Wildman–Crippen MR) is 116 cm³/mol. The molecular weight excluding hydrogens is 380 g/mol. The van der Waals surface area contributed by atoms with Gasteiger partial charge in [-0.3, -0.25) is 10.1 Å². The van der Waals surface area contributed by atoms with E-state index in [9.17, 15) is 14.7 Å². The lowest BCUT2D eigenvalue weighted by molar-refractivity contribution is -0.150. The van der Waals surface area contributed by atoms with Crippen molar-refractivity contribution in [1.82, 2.24) is 10.2 Å². The molecule has 6 heteroatoms. The van der Waals surface area contributed by atoms with Crippen molar-refractivity contribution in [2.75, 3.05) is 6.61 Å². The van der Waals surface area contributed by atoms with Crippen LogP contribution >= 0.6 is 0 Å². The van der Waals surface area contributed by atoms with E-state index in [1.165, 1.54) is 5.56 Å². The van der Waals surface area contributed by atoms with Crippen LogP contribution in [-0.4, -0.2) is 52.7 Å². The van der Waals surface area contributed by atoms with Crippen LogP contribution in [0.1, 0.15) is 51.5 Å². The molecule has 1 amide bonds. The minimum atomic E-state index is -0.899. The van der Waals surface area contributed by atoms with E-state index in [1.807, 2.05) is 32.0 Å². The summed E-state index contributed by atoms with van der Waals surface area (Å²) in [5, 5.41) is 13.1. The summed E-state index contributed by atoms with van der Waals surface area (Å²) in [6.07, 6.45) is 5.12. The number of rotatable bonds is 10. The van der Waals surface area contributed by atoms with E-state index < -0.39 is 18.1 Å². The lowest BCUT2D eigenvalue weighted by Gasteiger charge is -2.32. The Balaban J connectivity index is 1.68. The number of carboxylic acids is 1. The normalized spacial score (nSPS) is 24.9. The third-order valence-electron chi connectivity index (χ3n) is 6.48. The molecule has 6 nitrogen and oxygen atoms in total. The number of fused-ring (bicyclic) bond motifs is 1. The summed E-state index contributed by atoms with van der Waals surface area (Å²) in [7, 11) is 0. The number of amides is 1. The van der Waals surface area contributed by atoms with Crippen molar-refractivity contribution in [2.24, 2.45) is 5.92 Å². The van der Waals surface area contributed by atoms with Crippen molar-refractivity contribution in [2.45, 2.75) is 76.5 Å². The maximum atomic E-state index is 13.3. The lowest BCUT2D eigenvalue weighted by Crippen LogP contribution is -2.54. The number of hydrogen-bond donors (Lipinski definition) is 2. The van der Waals surface area contributed by atoms with E-state index in [1.54, 1.807) is 4.90 Å². The maximum absolute atomic E-state index is 13.3. The van der Waals surface area contributed by atoms with E-state index in [-0.39, 0.29) is 18.0 Å². The highest BCUT2D eigenvalue weighted by Crippen LogP contribution is 2.41. The summed E-state index contributed by atoms with van der Waals surface area (Å²) >= 11 is 0. The van der Waals surface area contributed by atoms with Crippen molar-refractivity contribution in [1.29, 1.82) is 0 Å².